The summed E-state index contributed by atoms with van der Waals surface area (Å²) in [5.74, 6) is -4.82. The second kappa shape index (κ2) is 20.2. The van der Waals surface area contributed by atoms with Crippen molar-refractivity contribution in [3.63, 3.8) is 0 Å². The number of nitro groups is 1. The van der Waals surface area contributed by atoms with Crippen molar-refractivity contribution in [3.05, 3.63) is 34.4 Å². The molecule has 1 radical (unpaired) electrons. The van der Waals surface area contributed by atoms with E-state index in [1.807, 2.05) is 0 Å². The van der Waals surface area contributed by atoms with Gasteiger partial charge in [-0.3, -0.25) is 39.3 Å². The van der Waals surface area contributed by atoms with E-state index < -0.39 is 54.3 Å². The molecule has 2 rings (SSSR count). The van der Waals surface area contributed by atoms with Crippen LogP contribution in [0.25, 0.3) is 0 Å². The van der Waals surface area contributed by atoms with Gasteiger partial charge in [0, 0.05) is 84.1 Å². The summed E-state index contributed by atoms with van der Waals surface area (Å²) in [5, 5.41) is 42.7. The number of amides is 1. The normalized spacial score (nSPS) is 16.0. The Morgan fingerprint density at radius 3 is 1.57 bits per heavy atom. The zero-order valence-electron chi connectivity index (χ0n) is 24.3. The average molecular weight is 766 g/mol. The van der Waals surface area contributed by atoms with Gasteiger partial charge in [-0.2, -0.15) is 0 Å². The number of carboxylic acid groups (broad SMARTS) is 3. The van der Waals surface area contributed by atoms with Gasteiger partial charge in [-0.15, -0.1) is 0 Å². The Hall–Kier alpha value is -2.87. The summed E-state index contributed by atoms with van der Waals surface area (Å²) < 4.78 is 5.20. The summed E-state index contributed by atoms with van der Waals surface area (Å²) in [7, 11) is 0. The molecule has 17 nitrogen and oxygen atoms in total. The van der Waals surface area contributed by atoms with Crippen LogP contribution in [0.15, 0.2) is 24.3 Å². The molecule has 44 heavy (non-hydrogen) atoms. The summed E-state index contributed by atoms with van der Waals surface area (Å²) in [5.41, 5.74) is -0.175. The predicted octanol–water partition coefficient (Wildman–Crippen LogP) is -3.85. The Kier molecular flexibility index (Phi) is 18.0. The van der Waals surface area contributed by atoms with Gasteiger partial charge in [-0.05, 0) is 19.1 Å². The van der Waals surface area contributed by atoms with Crippen molar-refractivity contribution in [1.29, 1.82) is 0 Å². The first kappa shape index (κ1) is 39.2. The van der Waals surface area contributed by atoms with Gasteiger partial charge in [0.05, 0.1) is 30.0 Å². The molecule has 1 heterocycles. The van der Waals surface area contributed by atoms with Crippen LogP contribution in [-0.4, -0.2) is 156 Å². The monoisotopic (exact) mass is 766 g/mol. The Bertz CT molecular complexity index is 1110. The van der Waals surface area contributed by atoms with Crippen LogP contribution in [0.1, 0.15) is 6.92 Å². The van der Waals surface area contributed by atoms with Crippen molar-refractivity contribution in [2.45, 2.75) is 6.92 Å². The molecule has 0 aliphatic carbocycles. The number of rotatable bonds is 13. The molecule has 1 N–H and O–H groups in total. The Morgan fingerprint density at radius 1 is 0.795 bits per heavy atom. The summed E-state index contributed by atoms with van der Waals surface area (Å²) in [6.07, 6.45) is 0. The molecule has 1 fully saturated rings. The van der Waals surface area contributed by atoms with Gasteiger partial charge in [0.2, 0.25) is 5.91 Å². The fourth-order valence-electron chi connectivity index (χ4n) is 4.39. The molecule has 1 amide bonds. The maximum Gasteiger partial charge on any atom is 3.00 e. The van der Waals surface area contributed by atoms with Crippen molar-refractivity contribution < 1.29 is 88.9 Å². The van der Waals surface area contributed by atoms with Crippen LogP contribution in [0.2, 0.25) is 0 Å². The molecule has 1 aromatic carbocycles. The summed E-state index contributed by atoms with van der Waals surface area (Å²) in [4.78, 5) is 77.6. The number of non-ortho nitro benzene ring substituents is 1. The van der Waals surface area contributed by atoms with Crippen molar-refractivity contribution in [3.8, 4) is 5.75 Å². The Morgan fingerprint density at radius 2 is 1.20 bits per heavy atom. The molecule has 1 saturated heterocycles. The first-order valence-corrected chi connectivity index (χ1v) is 13.6. The molecule has 0 unspecified atom stereocenters. The minimum absolute atomic E-state index is 0. The van der Waals surface area contributed by atoms with Gasteiger partial charge >= 0.3 is 51.9 Å². The molecule has 18 heteroatoms. The van der Waals surface area contributed by atoms with Crippen molar-refractivity contribution in [1.82, 2.24) is 24.5 Å². The smallest absolute Gasteiger partial charge is 0.549 e. The number of hydrogen-bond acceptors (Lipinski definition) is 14. The molecule has 0 bridgehead atoms. The molecular formula is C26H36GdN6O11+. The number of carbonyl (C=O) groups excluding carboxylic acids is 4. The molecule has 0 saturated carbocycles. The van der Waals surface area contributed by atoms with E-state index in [1.165, 1.54) is 29.2 Å². The van der Waals surface area contributed by atoms with E-state index in [2.05, 4.69) is 0 Å². The minimum atomic E-state index is -1.32. The molecule has 243 valence electrons. The maximum absolute atomic E-state index is 13.2. The fraction of sp³-hybridized carbons (Fsp3) is 0.577. The van der Waals surface area contributed by atoms with Crippen LogP contribution in [0.4, 0.5) is 5.69 Å². The molecule has 0 aromatic heterocycles. The van der Waals surface area contributed by atoms with Crippen LogP contribution in [0, 0.1) is 50.1 Å². The molecular weight excluding hydrogens is 730 g/mol. The van der Waals surface area contributed by atoms with E-state index in [0.29, 0.717) is 0 Å². The topological polar surface area (TPSA) is 220 Å². The Labute approximate surface area is 286 Å². The molecule has 1 aliphatic rings. The van der Waals surface area contributed by atoms with Crippen LogP contribution >= 0.6 is 0 Å². The predicted molar refractivity (Wildman–Crippen MR) is 144 cm³/mol. The standard InChI is InChI=1S/C26H38N6O11.Gd/c1-2-31(19-26(40)43-21-5-3-20(4-6-21)32(41)42)22(33)15-27-7-9-28(16-23(34)35)11-13-30(18-25(38)39)14-12-29(10-8-27)17-24(36)37;/h3-6H,2,7-19H2,1H3,(H,34,35)(H,36,37)(H,38,39);/q;+3/p-2. The maximum atomic E-state index is 13.2. The van der Waals surface area contributed by atoms with Crippen molar-refractivity contribution in [2.24, 2.45) is 0 Å². The largest absolute Gasteiger partial charge is 3.00 e. The van der Waals surface area contributed by atoms with E-state index in [1.54, 1.807) is 26.5 Å². The number of aliphatic carboxylic acids is 3. The van der Waals surface area contributed by atoms with Crippen LogP contribution < -0.4 is 14.9 Å². The van der Waals surface area contributed by atoms with E-state index in [-0.39, 0.29) is 123 Å². The van der Waals surface area contributed by atoms with Crippen LogP contribution in [0.3, 0.4) is 0 Å². The third kappa shape index (κ3) is 15.2. The number of carbonyl (C=O) groups is 5. The second-order valence-electron chi connectivity index (χ2n) is 9.88. The van der Waals surface area contributed by atoms with Gasteiger partial charge < -0.3 is 34.5 Å². The van der Waals surface area contributed by atoms with Crippen molar-refractivity contribution >= 4 is 35.5 Å². The van der Waals surface area contributed by atoms with E-state index >= 15 is 0 Å². The van der Waals surface area contributed by atoms with Gasteiger partial charge in [-0.1, -0.05) is 0 Å². The average Bonchev–Trinajstić information content (AvgIpc) is 2.92. The van der Waals surface area contributed by atoms with Gasteiger partial charge in [0.1, 0.15) is 12.3 Å². The number of nitrogens with zero attached hydrogens (tertiary/aromatic N) is 6. The third-order valence-corrected chi connectivity index (χ3v) is 6.69. The van der Waals surface area contributed by atoms with Gasteiger partial charge in [0.15, 0.2) is 0 Å². The summed E-state index contributed by atoms with van der Waals surface area (Å²) in [6, 6.07) is 4.90. The molecule has 0 atom stereocenters. The SMILES string of the molecule is CCN(CC(=O)Oc1ccc([N+](=O)[O-])cc1)C(=O)CN1CCN(CC(=O)[O-])CCN(CC(=O)[O-])CCN(CC(=O)O)CC1.[Gd+3]. The van der Waals surface area contributed by atoms with Crippen LogP contribution in [0.5, 0.6) is 5.75 Å². The molecule has 1 aromatic rings. The minimum Gasteiger partial charge on any atom is -0.549 e. The summed E-state index contributed by atoms with van der Waals surface area (Å²) >= 11 is 0. The Balaban J connectivity index is 0.00000968. The van der Waals surface area contributed by atoms with E-state index in [9.17, 15) is 49.4 Å². The zero-order valence-corrected chi connectivity index (χ0v) is 26.5. The second-order valence-corrected chi connectivity index (χ2v) is 9.88. The first-order valence-electron chi connectivity index (χ1n) is 13.6. The van der Waals surface area contributed by atoms with E-state index in [0.717, 1.165) is 0 Å². The summed E-state index contributed by atoms with van der Waals surface area (Å²) in [6.45, 7) is 1.76. The third-order valence-electron chi connectivity index (χ3n) is 6.69. The fourth-order valence-corrected chi connectivity index (χ4v) is 4.39. The number of likely N-dealkylation sites (N-methyl/N-ethyl adjacent to an activating group) is 1. The van der Waals surface area contributed by atoms with E-state index in [4.69, 9.17) is 4.74 Å². The number of nitro benzene ring substituents is 1. The molecule has 0 spiro atoms. The number of hydrogen-bond donors (Lipinski definition) is 1. The van der Waals surface area contributed by atoms with Gasteiger partial charge in [-0.25, -0.2) is 4.79 Å². The molecule has 1 aliphatic heterocycles. The van der Waals surface area contributed by atoms with Crippen LogP contribution in [-0.2, 0) is 24.0 Å². The van der Waals surface area contributed by atoms with Crippen molar-refractivity contribution in [2.75, 3.05) is 91.6 Å². The first-order chi connectivity index (χ1) is 20.4. The number of esters is 1. The number of ether oxygens (including phenoxy) is 1. The zero-order chi connectivity index (χ0) is 31.9. The number of benzene rings is 1. The van der Waals surface area contributed by atoms with Gasteiger partial charge in [0.25, 0.3) is 5.69 Å². The quantitative estimate of drug-likeness (QED) is 0.0880. The number of carboxylic acids is 3.